The minimum atomic E-state index is -3.83. The quantitative estimate of drug-likeness (QED) is 0.650. The van der Waals surface area contributed by atoms with Crippen LogP contribution in [0.25, 0.3) is 0 Å². The van der Waals surface area contributed by atoms with Crippen molar-refractivity contribution >= 4 is 27.4 Å². The molecule has 154 valence electrons. The third-order valence-corrected chi connectivity index (χ3v) is 5.73. The molecule has 0 unspecified atom stereocenters. The molecule has 0 aliphatic carbocycles. The molecule has 0 fully saturated rings. The number of aromatic nitrogens is 1. The van der Waals surface area contributed by atoms with Gasteiger partial charge >= 0.3 is 0 Å². The Balaban J connectivity index is 1.47. The Kier molecular flexibility index (Phi) is 5.28. The number of benzene rings is 2. The number of hydrogen-bond donors (Lipinski definition) is 2. The minimum Gasteiger partial charge on any atom is -0.486 e. The molecule has 0 radical (unpaired) electrons. The van der Waals surface area contributed by atoms with Gasteiger partial charge in [-0.3, -0.25) is 9.52 Å². The number of fused-ring (bicyclic) bond motifs is 1. The number of pyridine rings is 1. The topological polar surface area (TPSA) is 107 Å². The number of ether oxygens (including phenoxy) is 2. The number of aryl methyl sites for hydroxylation is 1. The second-order valence-corrected chi connectivity index (χ2v) is 8.29. The monoisotopic (exact) mass is 425 g/mol. The lowest BCUT2D eigenvalue weighted by molar-refractivity contribution is 0.102. The number of hydrogen-bond acceptors (Lipinski definition) is 6. The fourth-order valence-electron chi connectivity index (χ4n) is 2.90. The van der Waals surface area contributed by atoms with E-state index < -0.39 is 10.0 Å². The molecule has 0 saturated heterocycles. The predicted molar refractivity (Wildman–Crippen MR) is 112 cm³/mol. The minimum absolute atomic E-state index is 0.0547. The first kappa shape index (κ1) is 19.7. The summed E-state index contributed by atoms with van der Waals surface area (Å²) in [5, 5.41) is 2.71. The van der Waals surface area contributed by atoms with E-state index in [1.807, 2.05) is 13.0 Å². The van der Waals surface area contributed by atoms with E-state index in [9.17, 15) is 13.2 Å². The number of sulfonamides is 1. The van der Waals surface area contributed by atoms with Crippen LogP contribution in [-0.4, -0.2) is 32.5 Å². The molecule has 9 heteroatoms. The number of amides is 1. The molecule has 0 spiro atoms. The number of anilines is 2. The smallest absolute Gasteiger partial charge is 0.262 e. The molecule has 0 bridgehead atoms. The van der Waals surface area contributed by atoms with Gasteiger partial charge in [0.05, 0.1) is 4.90 Å². The Labute approximate surface area is 173 Å². The van der Waals surface area contributed by atoms with Crippen molar-refractivity contribution in [2.24, 2.45) is 0 Å². The third-order valence-electron chi connectivity index (χ3n) is 4.35. The van der Waals surface area contributed by atoms with Gasteiger partial charge in [0.25, 0.3) is 15.9 Å². The lowest BCUT2D eigenvalue weighted by Gasteiger charge is -2.19. The summed E-state index contributed by atoms with van der Waals surface area (Å²) in [4.78, 5) is 16.6. The van der Waals surface area contributed by atoms with E-state index in [0.717, 1.165) is 5.69 Å². The number of carbonyl (C=O) groups excluding carboxylic acids is 1. The highest BCUT2D eigenvalue weighted by Gasteiger charge is 2.19. The molecule has 0 atom stereocenters. The molecule has 3 aromatic rings. The standard InChI is InChI=1S/C21H19N3O5S/c1-14-3-2-4-20(22-14)23-21(25)15-5-7-16(8-6-15)24-30(26,27)17-9-10-18-19(13-17)29-12-11-28-18/h2-10,13,24H,11-12H2,1H3,(H,22,23,25). The lowest BCUT2D eigenvalue weighted by atomic mass is 10.2. The first-order valence-electron chi connectivity index (χ1n) is 9.18. The lowest BCUT2D eigenvalue weighted by Crippen LogP contribution is -2.17. The van der Waals surface area contributed by atoms with E-state index in [0.29, 0.717) is 41.8 Å². The molecule has 2 aromatic carbocycles. The van der Waals surface area contributed by atoms with Gasteiger partial charge in [-0.2, -0.15) is 0 Å². The highest BCUT2D eigenvalue weighted by Crippen LogP contribution is 2.32. The van der Waals surface area contributed by atoms with Crippen LogP contribution in [0.2, 0.25) is 0 Å². The van der Waals surface area contributed by atoms with Crippen LogP contribution in [0.15, 0.2) is 65.6 Å². The normalized spacial score (nSPS) is 12.8. The van der Waals surface area contributed by atoms with Gasteiger partial charge in [-0.1, -0.05) is 6.07 Å². The number of rotatable bonds is 5. The molecule has 1 amide bonds. The molecular weight excluding hydrogens is 406 g/mol. The van der Waals surface area contributed by atoms with Gasteiger partial charge < -0.3 is 14.8 Å². The van der Waals surface area contributed by atoms with Crippen LogP contribution in [0.1, 0.15) is 16.1 Å². The molecule has 1 aliphatic heterocycles. The largest absolute Gasteiger partial charge is 0.486 e. The van der Waals surface area contributed by atoms with Gasteiger partial charge in [0.2, 0.25) is 0 Å². The average Bonchev–Trinajstić information content (AvgIpc) is 2.73. The molecule has 2 heterocycles. The van der Waals surface area contributed by atoms with Crippen molar-refractivity contribution in [1.29, 1.82) is 0 Å². The second-order valence-electron chi connectivity index (χ2n) is 6.61. The highest BCUT2D eigenvalue weighted by molar-refractivity contribution is 7.92. The molecule has 1 aromatic heterocycles. The van der Waals surface area contributed by atoms with E-state index in [1.165, 1.54) is 36.4 Å². The average molecular weight is 425 g/mol. The van der Waals surface area contributed by atoms with Crippen molar-refractivity contribution in [1.82, 2.24) is 4.98 Å². The number of carbonyl (C=O) groups is 1. The van der Waals surface area contributed by atoms with E-state index in [2.05, 4.69) is 15.0 Å². The first-order valence-corrected chi connectivity index (χ1v) is 10.7. The van der Waals surface area contributed by atoms with Gasteiger partial charge in [-0.05, 0) is 55.5 Å². The van der Waals surface area contributed by atoms with Gasteiger partial charge in [-0.15, -0.1) is 0 Å². The van der Waals surface area contributed by atoms with E-state index in [1.54, 1.807) is 18.2 Å². The summed E-state index contributed by atoms with van der Waals surface area (Å²) in [6.45, 7) is 2.63. The van der Waals surface area contributed by atoms with Crippen molar-refractivity contribution < 1.29 is 22.7 Å². The van der Waals surface area contributed by atoms with Crippen molar-refractivity contribution in [2.45, 2.75) is 11.8 Å². The maximum atomic E-state index is 12.7. The van der Waals surface area contributed by atoms with Crippen molar-refractivity contribution in [3.8, 4) is 11.5 Å². The van der Waals surface area contributed by atoms with Gasteiger partial charge in [0.15, 0.2) is 11.5 Å². The maximum absolute atomic E-state index is 12.7. The molecule has 0 saturated carbocycles. The van der Waals surface area contributed by atoms with Crippen LogP contribution < -0.4 is 19.5 Å². The third kappa shape index (κ3) is 4.36. The fourth-order valence-corrected chi connectivity index (χ4v) is 3.97. The van der Waals surface area contributed by atoms with E-state index in [-0.39, 0.29) is 10.8 Å². The molecule has 30 heavy (non-hydrogen) atoms. The zero-order valence-electron chi connectivity index (χ0n) is 16.1. The second kappa shape index (κ2) is 8.03. The summed E-state index contributed by atoms with van der Waals surface area (Å²) >= 11 is 0. The van der Waals surface area contributed by atoms with Crippen LogP contribution in [0.3, 0.4) is 0 Å². The van der Waals surface area contributed by atoms with Crippen molar-refractivity contribution in [3.63, 3.8) is 0 Å². The summed E-state index contributed by atoms with van der Waals surface area (Å²) in [6, 6.07) is 15.9. The Morgan fingerprint density at radius 3 is 2.43 bits per heavy atom. The Morgan fingerprint density at radius 1 is 0.967 bits per heavy atom. The number of nitrogens with one attached hydrogen (secondary N) is 2. The Bertz CT molecular complexity index is 1190. The van der Waals surface area contributed by atoms with Gasteiger partial charge in [-0.25, -0.2) is 13.4 Å². The zero-order chi connectivity index (χ0) is 21.1. The van der Waals surface area contributed by atoms with E-state index >= 15 is 0 Å². The van der Waals surface area contributed by atoms with Crippen LogP contribution in [-0.2, 0) is 10.0 Å². The van der Waals surface area contributed by atoms with Crippen molar-refractivity contribution in [2.75, 3.05) is 23.3 Å². The summed E-state index contributed by atoms with van der Waals surface area (Å²) in [6.07, 6.45) is 0. The van der Waals surface area contributed by atoms with Gasteiger partial charge in [0, 0.05) is 23.0 Å². The number of nitrogens with zero attached hydrogens (tertiary/aromatic N) is 1. The molecule has 8 nitrogen and oxygen atoms in total. The molecule has 2 N–H and O–H groups in total. The van der Waals surface area contributed by atoms with Crippen LogP contribution in [0, 0.1) is 6.92 Å². The summed E-state index contributed by atoms with van der Waals surface area (Å²) < 4.78 is 38.7. The molecule has 1 aliphatic rings. The Morgan fingerprint density at radius 2 is 1.70 bits per heavy atom. The van der Waals surface area contributed by atoms with Crippen LogP contribution in [0.5, 0.6) is 11.5 Å². The first-order chi connectivity index (χ1) is 14.4. The highest BCUT2D eigenvalue weighted by atomic mass is 32.2. The predicted octanol–water partition coefficient (Wildman–Crippen LogP) is 3.21. The van der Waals surface area contributed by atoms with E-state index in [4.69, 9.17) is 9.47 Å². The summed E-state index contributed by atoms with van der Waals surface area (Å²) in [5.74, 6) is 1.01. The molecule has 4 rings (SSSR count). The summed E-state index contributed by atoms with van der Waals surface area (Å²) in [7, 11) is -3.83. The Hall–Kier alpha value is -3.59. The van der Waals surface area contributed by atoms with Gasteiger partial charge in [0.1, 0.15) is 19.0 Å². The van der Waals surface area contributed by atoms with Crippen LogP contribution in [0.4, 0.5) is 11.5 Å². The fraction of sp³-hybridized carbons (Fsp3) is 0.143. The van der Waals surface area contributed by atoms with Crippen molar-refractivity contribution in [3.05, 3.63) is 71.9 Å². The zero-order valence-corrected chi connectivity index (χ0v) is 16.9. The SMILES string of the molecule is Cc1cccc(NC(=O)c2ccc(NS(=O)(=O)c3ccc4c(c3)OCCO4)cc2)n1. The van der Waals surface area contributed by atoms with Crippen LogP contribution >= 0.6 is 0 Å². The molecular formula is C21H19N3O5S. The summed E-state index contributed by atoms with van der Waals surface area (Å²) in [5.41, 5.74) is 1.49. The maximum Gasteiger partial charge on any atom is 0.262 e.